The average molecular weight is 353 g/mol. The van der Waals surface area contributed by atoms with Crippen molar-refractivity contribution in [3.05, 3.63) is 46.8 Å². The summed E-state index contributed by atoms with van der Waals surface area (Å²) in [4.78, 5) is 16.2. The number of thiophene rings is 1. The Morgan fingerprint density at radius 1 is 1.08 bits per heavy atom. The summed E-state index contributed by atoms with van der Waals surface area (Å²) in [5, 5.41) is 1.15. The van der Waals surface area contributed by atoms with Crippen LogP contribution in [-0.4, -0.2) is 41.0 Å². The van der Waals surface area contributed by atoms with Crippen molar-refractivity contribution >= 4 is 33.3 Å². The van der Waals surface area contributed by atoms with E-state index in [0.29, 0.717) is 5.95 Å². The molecule has 0 amide bonds. The van der Waals surface area contributed by atoms with Gasteiger partial charge in [-0.25, -0.2) is 4.98 Å². The third-order valence-electron chi connectivity index (χ3n) is 4.71. The van der Waals surface area contributed by atoms with Crippen LogP contribution < -0.4 is 10.6 Å². The van der Waals surface area contributed by atoms with Crippen LogP contribution >= 0.6 is 11.3 Å². The smallest absolute Gasteiger partial charge is 0.223 e. The predicted molar refractivity (Wildman–Crippen MR) is 105 cm³/mol. The summed E-state index contributed by atoms with van der Waals surface area (Å²) in [6.07, 6.45) is 1.02. The molecule has 1 saturated heterocycles. The molecule has 0 bridgehead atoms. The molecule has 0 radical (unpaired) electrons. The first-order chi connectivity index (χ1) is 12.2. The van der Waals surface area contributed by atoms with Gasteiger partial charge in [-0.15, -0.1) is 11.3 Å². The SMILES string of the molecule is CCc1cc2c(N3CCN(Cc4ccccc4)CC3)nc(N)nc2s1. The van der Waals surface area contributed by atoms with Crippen LogP contribution in [0.4, 0.5) is 11.8 Å². The van der Waals surface area contributed by atoms with Crippen molar-refractivity contribution in [3.8, 4) is 0 Å². The van der Waals surface area contributed by atoms with E-state index in [9.17, 15) is 0 Å². The maximum atomic E-state index is 5.96. The highest BCUT2D eigenvalue weighted by atomic mass is 32.1. The molecule has 0 aliphatic carbocycles. The van der Waals surface area contributed by atoms with Gasteiger partial charge in [-0.3, -0.25) is 4.90 Å². The zero-order valence-corrected chi connectivity index (χ0v) is 15.3. The Balaban J connectivity index is 1.50. The number of rotatable bonds is 4. The van der Waals surface area contributed by atoms with Crippen LogP contribution in [0.25, 0.3) is 10.2 Å². The van der Waals surface area contributed by atoms with Gasteiger partial charge < -0.3 is 10.6 Å². The van der Waals surface area contributed by atoms with E-state index in [0.717, 1.165) is 55.2 Å². The Hall–Kier alpha value is -2.18. The summed E-state index contributed by atoms with van der Waals surface area (Å²) >= 11 is 1.72. The number of fused-ring (bicyclic) bond motifs is 1. The molecule has 0 atom stereocenters. The van der Waals surface area contributed by atoms with Gasteiger partial charge in [0, 0.05) is 37.6 Å². The Morgan fingerprint density at radius 2 is 1.84 bits per heavy atom. The fraction of sp³-hybridized carbons (Fsp3) is 0.368. The molecule has 1 aliphatic heterocycles. The zero-order chi connectivity index (χ0) is 17.2. The molecule has 6 heteroatoms. The molecule has 0 saturated carbocycles. The Morgan fingerprint density at radius 3 is 2.56 bits per heavy atom. The van der Waals surface area contributed by atoms with Gasteiger partial charge in [0.15, 0.2) is 0 Å². The van der Waals surface area contributed by atoms with Crippen molar-refractivity contribution in [2.24, 2.45) is 0 Å². The molecule has 1 fully saturated rings. The summed E-state index contributed by atoms with van der Waals surface area (Å²) in [5.74, 6) is 1.37. The van der Waals surface area contributed by atoms with Crippen molar-refractivity contribution in [1.82, 2.24) is 14.9 Å². The molecule has 3 heterocycles. The van der Waals surface area contributed by atoms with Crippen LogP contribution in [0.15, 0.2) is 36.4 Å². The minimum Gasteiger partial charge on any atom is -0.368 e. The fourth-order valence-electron chi connectivity index (χ4n) is 3.35. The number of nitrogens with zero attached hydrogens (tertiary/aromatic N) is 4. The van der Waals surface area contributed by atoms with E-state index in [1.165, 1.54) is 10.4 Å². The first-order valence-corrected chi connectivity index (χ1v) is 9.61. The van der Waals surface area contributed by atoms with Gasteiger partial charge in [-0.05, 0) is 18.1 Å². The molecule has 0 spiro atoms. The second-order valence-electron chi connectivity index (χ2n) is 6.44. The first-order valence-electron chi connectivity index (χ1n) is 8.80. The number of anilines is 2. The fourth-order valence-corrected chi connectivity index (χ4v) is 4.32. The second kappa shape index (κ2) is 6.98. The summed E-state index contributed by atoms with van der Waals surface area (Å²) in [7, 11) is 0. The van der Waals surface area contributed by atoms with Gasteiger partial charge in [0.25, 0.3) is 0 Å². The topological polar surface area (TPSA) is 58.3 Å². The van der Waals surface area contributed by atoms with E-state index in [-0.39, 0.29) is 0 Å². The van der Waals surface area contributed by atoms with E-state index in [4.69, 9.17) is 5.73 Å². The summed E-state index contributed by atoms with van der Waals surface area (Å²) < 4.78 is 0. The number of nitrogens with two attached hydrogens (primary N) is 1. The van der Waals surface area contributed by atoms with Crippen LogP contribution in [-0.2, 0) is 13.0 Å². The third kappa shape index (κ3) is 3.45. The molecule has 25 heavy (non-hydrogen) atoms. The highest BCUT2D eigenvalue weighted by Crippen LogP contribution is 2.32. The maximum Gasteiger partial charge on any atom is 0.223 e. The third-order valence-corrected chi connectivity index (χ3v) is 5.88. The lowest BCUT2D eigenvalue weighted by Crippen LogP contribution is -2.46. The number of aryl methyl sites for hydroxylation is 1. The van der Waals surface area contributed by atoms with E-state index >= 15 is 0 Å². The zero-order valence-electron chi connectivity index (χ0n) is 14.5. The number of piperazine rings is 1. The monoisotopic (exact) mass is 353 g/mol. The molecule has 2 aromatic heterocycles. The minimum atomic E-state index is 0.374. The number of hydrogen-bond acceptors (Lipinski definition) is 6. The Kier molecular flexibility index (Phi) is 4.55. The number of aromatic nitrogens is 2. The highest BCUT2D eigenvalue weighted by Gasteiger charge is 2.21. The van der Waals surface area contributed by atoms with Gasteiger partial charge in [-0.1, -0.05) is 37.3 Å². The summed E-state index contributed by atoms with van der Waals surface area (Å²) in [6, 6.07) is 12.9. The Labute approximate surface area is 152 Å². The normalized spacial score (nSPS) is 15.8. The Bertz CT molecular complexity index is 853. The maximum absolute atomic E-state index is 5.96. The van der Waals surface area contributed by atoms with Crippen LogP contribution in [0.3, 0.4) is 0 Å². The van der Waals surface area contributed by atoms with E-state index in [1.54, 1.807) is 11.3 Å². The first kappa shape index (κ1) is 16.3. The molecule has 0 unspecified atom stereocenters. The standard InChI is InChI=1S/C19H23N5S/c1-2-15-12-16-17(21-19(20)22-18(16)25-15)24-10-8-23(9-11-24)13-14-6-4-3-5-7-14/h3-7,12H,2,8-11,13H2,1H3,(H2,20,21,22). The molecular formula is C19H23N5S. The van der Waals surface area contributed by atoms with Crippen LogP contribution in [0.1, 0.15) is 17.4 Å². The molecule has 1 aromatic carbocycles. The molecule has 2 N–H and O–H groups in total. The van der Waals surface area contributed by atoms with Crippen molar-refractivity contribution in [2.45, 2.75) is 19.9 Å². The quantitative estimate of drug-likeness (QED) is 0.781. The number of hydrogen-bond donors (Lipinski definition) is 1. The van der Waals surface area contributed by atoms with E-state index < -0.39 is 0 Å². The number of nitrogen functional groups attached to an aromatic ring is 1. The number of benzene rings is 1. The summed E-state index contributed by atoms with van der Waals surface area (Å²) in [6.45, 7) is 7.18. The summed E-state index contributed by atoms with van der Waals surface area (Å²) in [5.41, 5.74) is 7.33. The largest absolute Gasteiger partial charge is 0.368 e. The predicted octanol–water partition coefficient (Wildman–Crippen LogP) is 3.16. The lowest BCUT2D eigenvalue weighted by Gasteiger charge is -2.35. The van der Waals surface area contributed by atoms with Gasteiger partial charge >= 0.3 is 0 Å². The van der Waals surface area contributed by atoms with Crippen molar-refractivity contribution < 1.29 is 0 Å². The molecule has 1 aliphatic rings. The molecule has 3 aromatic rings. The lowest BCUT2D eigenvalue weighted by molar-refractivity contribution is 0.249. The minimum absolute atomic E-state index is 0.374. The molecular weight excluding hydrogens is 330 g/mol. The van der Waals surface area contributed by atoms with Gasteiger partial charge in [0.05, 0.1) is 5.39 Å². The highest BCUT2D eigenvalue weighted by molar-refractivity contribution is 7.18. The van der Waals surface area contributed by atoms with Crippen LogP contribution in [0, 0.1) is 0 Å². The van der Waals surface area contributed by atoms with Crippen molar-refractivity contribution in [3.63, 3.8) is 0 Å². The van der Waals surface area contributed by atoms with Gasteiger partial charge in [-0.2, -0.15) is 4.98 Å². The lowest BCUT2D eigenvalue weighted by atomic mass is 10.2. The molecule has 4 rings (SSSR count). The molecule has 130 valence electrons. The van der Waals surface area contributed by atoms with Crippen molar-refractivity contribution in [2.75, 3.05) is 36.8 Å². The average Bonchev–Trinajstić information content (AvgIpc) is 3.05. The van der Waals surface area contributed by atoms with Crippen molar-refractivity contribution in [1.29, 1.82) is 0 Å². The second-order valence-corrected chi connectivity index (χ2v) is 7.55. The molecule has 5 nitrogen and oxygen atoms in total. The van der Waals surface area contributed by atoms with E-state index in [2.05, 4.69) is 63.1 Å². The van der Waals surface area contributed by atoms with Crippen LogP contribution in [0.2, 0.25) is 0 Å². The van der Waals surface area contributed by atoms with E-state index in [1.807, 2.05) is 0 Å². The van der Waals surface area contributed by atoms with Crippen LogP contribution in [0.5, 0.6) is 0 Å². The van der Waals surface area contributed by atoms with Gasteiger partial charge in [0.2, 0.25) is 5.95 Å². The van der Waals surface area contributed by atoms with Gasteiger partial charge in [0.1, 0.15) is 10.6 Å².